The molecule has 141 heavy (non-hydrogen) atoms. The first kappa shape index (κ1) is 61.4. The molecular weight excluding hydrogens is 1710 g/mol. The lowest BCUT2D eigenvalue weighted by molar-refractivity contribution is 1.08. The maximum Gasteiger partial charge on any atom is 0.164 e. The second-order valence-electron chi connectivity index (χ2n) is 34.3. The third kappa shape index (κ3) is 17.7. The largest absolute Gasteiger partial charge is 0.208 e. The zero-order chi connectivity index (χ0) is 117. The zero-order valence-electron chi connectivity index (χ0n) is 102. The van der Waals surface area contributed by atoms with E-state index in [0.29, 0.717) is 84.7 Å². The van der Waals surface area contributed by atoms with Gasteiger partial charge < -0.3 is 0 Å². The van der Waals surface area contributed by atoms with Crippen LogP contribution in [0.5, 0.6) is 0 Å². The van der Waals surface area contributed by atoms with Gasteiger partial charge in [0.15, 0.2) is 52.4 Å². The maximum atomic E-state index is 9.45. The molecule has 0 N–H and O–H groups in total. The molecule has 3 heterocycles. The van der Waals surface area contributed by atoms with Gasteiger partial charge >= 0.3 is 0 Å². The molecule has 0 spiro atoms. The fourth-order valence-electron chi connectivity index (χ4n) is 18.1. The normalized spacial score (nSPS) is 14.0. The van der Waals surface area contributed by atoms with Gasteiger partial charge in [-0.25, -0.2) is 44.9 Å². The molecule has 0 bridgehead atoms. The molecule has 662 valence electrons. The molecule has 26 rings (SSSR count). The van der Waals surface area contributed by atoms with Crippen molar-refractivity contribution in [3.05, 3.63) is 501 Å². The van der Waals surface area contributed by atoms with Gasteiger partial charge in [0.2, 0.25) is 0 Å². The standard InChI is InChI=1S/2C45H29N3.C42H31N3/c1-3-10-30(11-4-1)35-20-21-37-28-39(25-22-36(37)26-35)44-46-43(38-23-18-31-12-7-8-15-34(31)27-38)47-45(48-44)40-24-19-33-16-9-17-41(42(33)29-40)32-13-5-2-6-14-32;1-3-9-30(10-4-1)35-19-20-38-27-40(24-21-37(38)25-35)44-46-43(39-22-16-32-13-7-8-14-34(32)26-39)47-45(48-44)41-23-17-33-15-18-36(28-42(33)29-41)31-11-5-2-6-12-31;1-26-20-27(2)39(28(3)21-26)35-16-14-34-25-38(19-15-33(34)22-35)42-44-40(36-17-12-29-8-4-6-10-31(29)23-36)43-41(45-42)37-18-13-30-9-5-7-11-32(30)24-37/h2*1-29H;4-25H,1-3H3/i1D,2D,3D,4D,5D,6D,10D,11D,13D,14D,20D,21D,22D,25D,26D,28D;1D,2D,3D,4D,5D,6D,9D,10D,11D,12D;. The van der Waals surface area contributed by atoms with Gasteiger partial charge in [0, 0.05) is 50.1 Å². The Morgan fingerprint density at radius 1 is 0.156 bits per heavy atom. The van der Waals surface area contributed by atoms with Crippen molar-refractivity contribution in [2.75, 3.05) is 0 Å². The lowest BCUT2D eigenvalue weighted by Crippen LogP contribution is -2.00. The Balaban J connectivity index is 0.000000132. The SMILES string of the molecule is Cc1cc(C)c(-c2ccc3cc(-c4nc(-c5ccc6ccccc6c5)nc(-c5ccc6ccccc6c5)n4)ccc3c2)c(C)c1.[2H]c1c([2H])c([2H])c(-c2c([2H])c([2H])c3c([2H])c(-c4nc(-c5ccc6ccccc6c5)nc(-c5ccc6cccc(-c7c([2H])c([2H])c([2H])c([2H])c7[2H])c6c5)n4)c([2H])c([2H])c3c2[2H])c([2H])c1[2H].[2H]c1c([2H])c([2H])c(-c2ccc3cc(-c4nc(-c5ccc6ccccc6c5)nc(-c5ccc6ccc(-c7c([2H])c([2H])c([2H])c([2H])c7[2H])cc6c5)n4)ccc3c2)c([2H])c1[2H]. The molecular formula is C132H89N9. The van der Waals surface area contributed by atoms with E-state index in [0.717, 1.165) is 81.5 Å². The van der Waals surface area contributed by atoms with E-state index in [2.05, 4.69) is 154 Å². The summed E-state index contributed by atoms with van der Waals surface area (Å²) in [6, 6.07) is 93.6. The fourth-order valence-corrected chi connectivity index (χ4v) is 18.1. The quantitative estimate of drug-likeness (QED) is 0.105. The smallest absolute Gasteiger partial charge is 0.164 e. The monoisotopic (exact) mass is 1830 g/mol. The Kier molecular flexibility index (Phi) is 16.2. The molecule has 9 heteroatoms. The van der Waals surface area contributed by atoms with Crippen molar-refractivity contribution in [3.8, 4) is 158 Å². The highest BCUT2D eigenvalue weighted by Crippen LogP contribution is 2.41. The number of rotatable bonds is 14. The summed E-state index contributed by atoms with van der Waals surface area (Å²) in [6.07, 6.45) is 0. The van der Waals surface area contributed by atoms with E-state index < -0.39 is 125 Å². The molecule has 3 aromatic heterocycles. The zero-order valence-corrected chi connectivity index (χ0v) is 75.7. The molecule has 9 nitrogen and oxygen atoms in total. The first-order valence-electron chi connectivity index (χ1n) is 58.6. The lowest BCUT2D eigenvalue weighted by atomic mass is 9.92. The molecule has 0 aliphatic rings. The second kappa shape index (κ2) is 37.3. The molecule has 0 aliphatic heterocycles. The molecule has 23 aromatic carbocycles. The molecule has 0 radical (unpaired) electrons. The molecule has 0 aliphatic carbocycles. The highest BCUT2D eigenvalue weighted by molar-refractivity contribution is 6.01. The van der Waals surface area contributed by atoms with Gasteiger partial charge in [0.1, 0.15) is 0 Å². The average molecular weight is 1830 g/mol. The summed E-state index contributed by atoms with van der Waals surface area (Å²) in [5.41, 5.74) is 12.6. The Morgan fingerprint density at radius 2 is 0.397 bits per heavy atom. The molecule has 0 saturated heterocycles. The van der Waals surface area contributed by atoms with Crippen molar-refractivity contribution in [2.45, 2.75) is 20.8 Å². The number of fused-ring (bicyclic) bond motifs is 9. The lowest BCUT2D eigenvalue weighted by Gasteiger charge is -2.13. The Bertz CT molecular complexity index is 10900. The van der Waals surface area contributed by atoms with Crippen LogP contribution in [-0.2, 0) is 0 Å². The fraction of sp³-hybridized carbons (Fsp3) is 0.0227. The predicted molar refractivity (Wildman–Crippen MR) is 587 cm³/mol. The van der Waals surface area contributed by atoms with Crippen LogP contribution in [0, 0.1) is 20.8 Å². The molecule has 0 fully saturated rings. The number of nitrogens with zero attached hydrogens (tertiary/aromatic N) is 9. The first-order valence-corrected chi connectivity index (χ1v) is 45.6. The number of hydrogen-bond acceptors (Lipinski definition) is 9. The van der Waals surface area contributed by atoms with Gasteiger partial charge in [-0.15, -0.1) is 0 Å². The molecule has 0 saturated carbocycles. The summed E-state index contributed by atoms with van der Waals surface area (Å²) in [4.78, 5) is 44.3. The van der Waals surface area contributed by atoms with Gasteiger partial charge in [-0.3, -0.25) is 0 Å². The van der Waals surface area contributed by atoms with Crippen LogP contribution in [0.2, 0.25) is 0 Å². The Hall–Kier alpha value is -18.6. The number of aryl methyl sites for hydroxylation is 3. The minimum atomic E-state index is -0.730. The van der Waals surface area contributed by atoms with Crippen molar-refractivity contribution in [3.63, 3.8) is 0 Å². The third-order valence-corrected chi connectivity index (χ3v) is 25.0. The van der Waals surface area contributed by atoms with Crippen molar-refractivity contribution < 1.29 is 35.6 Å². The van der Waals surface area contributed by atoms with Crippen LogP contribution in [0.4, 0.5) is 0 Å². The van der Waals surface area contributed by atoms with E-state index in [1.54, 1.807) is 66.7 Å². The van der Waals surface area contributed by atoms with Gasteiger partial charge in [0.25, 0.3) is 0 Å². The second-order valence-corrected chi connectivity index (χ2v) is 34.3. The van der Waals surface area contributed by atoms with Gasteiger partial charge in [-0.1, -0.05) is 411 Å². The summed E-state index contributed by atoms with van der Waals surface area (Å²) in [7, 11) is 0. The minimum Gasteiger partial charge on any atom is -0.208 e. The summed E-state index contributed by atoms with van der Waals surface area (Å²) in [5, 5.41) is 14.5. The molecule has 0 atom stereocenters. The maximum absolute atomic E-state index is 9.45. The van der Waals surface area contributed by atoms with Crippen LogP contribution < -0.4 is 0 Å². The van der Waals surface area contributed by atoms with E-state index in [9.17, 15) is 4.11 Å². The van der Waals surface area contributed by atoms with E-state index in [1.807, 2.05) is 127 Å². The number of aromatic nitrogens is 9. The highest BCUT2D eigenvalue weighted by atomic mass is 15.1. The van der Waals surface area contributed by atoms with Crippen LogP contribution in [-0.4, -0.2) is 44.9 Å². The topological polar surface area (TPSA) is 116 Å². The average Bonchev–Trinajstić information content (AvgIpc) is 0.713. The molecule has 0 amide bonds. The number of hydrogen-bond donors (Lipinski definition) is 0. The van der Waals surface area contributed by atoms with Crippen LogP contribution in [0.25, 0.3) is 255 Å². The van der Waals surface area contributed by atoms with Crippen LogP contribution >= 0.6 is 0 Å². The Morgan fingerprint density at radius 3 is 0.766 bits per heavy atom. The first-order chi connectivity index (χ1) is 80.3. The van der Waals surface area contributed by atoms with Gasteiger partial charge in [-0.2, -0.15) is 0 Å². The molecule has 0 unspecified atom stereocenters. The van der Waals surface area contributed by atoms with Gasteiger partial charge in [0.05, 0.1) is 35.6 Å². The summed E-state index contributed by atoms with van der Waals surface area (Å²) in [6.45, 7) is 6.55. The van der Waals surface area contributed by atoms with Crippen LogP contribution in [0.1, 0.15) is 52.3 Å². The number of benzene rings is 23. The van der Waals surface area contributed by atoms with Crippen molar-refractivity contribution in [1.29, 1.82) is 0 Å². The Labute approximate surface area is 853 Å². The van der Waals surface area contributed by atoms with Crippen molar-refractivity contribution in [2.24, 2.45) is 0 Å². The van der Waals surface area contributed by atoms with Crippen molar-refractivity contribution in [1.82, 2.24) is 44.9 Å². The summed E-state index contributed by atoms with van der Waals surface area (Å²) < 4.78 is 221. The van der Waals surface area contributed by atoms with E-state index in [1.165, 1.54) is 44.0 Å². The minimum absolute atomic E-state index is 0.0118. The summed E-state index contributed by atoms with van der Waals surface area (Å²) in [5.74, 6) is 3.12. The van der Waals surface area contributed by atoms with Crippen LogP contribution in [0.3, 0.4) is 0 Å². The van der Waals surface area contributed by atoms with E-state index >= 15 is 0 Å². The van der Waals surface area contributed by atoms with Crippen LogP contribution in [0.15, 0.2) is 485 Å². The molecule has 26 aromatic rings. The third-order valence-electron chi connectivity index (χ3n) is 25.0. The van der Waals surface area contributed by atoms with E-state index in [4.69, 9.17) is 76.4 Å². The van der Waals surface area contributed by atoms with Gasteiger partial charge in [-0.05, 0) is 263 Å². The van der Waals surface area contributed by atoms with E-state index in [-0.39, 0.29) is 93.5 Å². The summed E-state index contributed by atoms with van der Waals surface area (Å²) >= 11 is 0. The highest BCUT2D eigenvalue weighted by Gasteiger charge is 2.22. The van der Waals surface area contributed by atoms with Crippen molar-refractivity contribution >= 4 is 97.0 Å². The predicted octanol–water partition coefficient (Wildman–Crippen LogP) is 34.3.